The van der Waals surface area contributed by atoms with Crippen LogP contribution in [0.5, 0.6) is 0 Å². The van der Waals surface area contributed by atoms with Crippen LogP contribution in [-0.2, 0) is 21.9 Å². The third-order valence-corrected chi connectivity index (χ3v) is 8.08. The molecule has 0 bridgehead atoms. The van der Waals surface area contributed by atoms with Crippen molar-refractivity contribution in [3.8, 4) is 0 Å². The molecule has 2 fully saturated rings. The molecule has 1 saturated carbocycles. The van der Waals surface area contributed by atoms with Gasteiger partial charge in [0.25, 0.3) is 5.91 Å². The van der Waals surface area contributed by atoms with Gasteiger partial charge in [0.05, 0.1) is 5.69 Å². The molecule has 1 saturated heterocycles. The molecule has 2 aromatic heterocycles. The summed E-state index contributed by atoms with van der Waals surface area (Å²) in [6, 6.07) is 1.29. The fraction of sp³-hybridized carbons (Fsp3) is 0.500. The molecule has 0 aromatic carbocycles. The highest BCUT2D eigenvalue weighted by Crippen LogP contribution is 2.41. The molecule has 1 aliphatic carbocycles. The van der Waals surface area contributed by atoms with Crippen molar-refractivity contribution in [3.63, 3.8) is 0 Å². The van der Waals surface area contributed by atoms with Gasteiger partial charge in [-0.2, -0.15) is 4.31 Å². The largest absolute Gasteiger partial charge is 0.364 e. The number of rotatable bonds is 6. The fourth-order valence-electron chi connectivity index (χ4n) is 3.55. The molecule has 0 unspecified atom stereocenters. The van der Waals surface area contributed by atoms with E-state index in [1.165, 1.54) is 32.5 Å². The van der Waals surface area contributed by atoms with Gasteiger partial charge in [0.2, 0.25) is 15.9 Å². The van der Waals surface area contributed by atoms with Crippen molar-refractivity contribution in [1.29, 1.82) is 0 Å². The van der Waals surface area contributed by atoms with Crippen molar-refractivity contribution in [1.82, 2.24) is 13.9 Å². The zero-order valence-corrected chi connectivity index (χ0v) is 17.6. The number of carbonyl (C=O) groups is 2. The molecule has 3 heterocycles. The normalized spacial score (nSPS) is 18.7. The van der Waals surface area contributed by atoms with E-state index in [-0.39, 0.29) is 35.5 Å². The van der Waals surface area contributed by atoms with Crippen LogP contribution in [0.4, 0.5) is 5.13 Å². The molecule has 156 valence electrons. The van der Waals surface area contributed by atoms with Crippen LogP contribution in [0.15, 0.2) is 22.5 Å². The Kier molecular flexibility index (Phi) is 5.21. The summed E-state index contributed by atoms with van der Waals surface area (Å²) < 4.78 is 28.5. The highest BCUT2D eigenvalue weighted by atomic mass is 32.2. The fourth-order valence-corrected chi connectivity index (χ4v) is 5.88. The van der Waals surface area contributed by atoms with Gasteiger partial charge in [0.1, 0.15) is 10.6 Å². The molecule has 1 aliphatic heterocycles. The lowest BCUT2D eigenvalue weighted by Crippen LogP contribution is -2.41. The Morgan fingerprint density at radius 1 is 1.24 bits per heavy atom. The van der Waals surface area contributed by atoms with Crippen LogP contribution in [0.2, 0.25) is 0 Å². The van der Waals surface area contributed by atoms with Crippen LogP contribution in [0.1, 0.15) is 47.8 Å². The summed E-state index contributed by atoms with van der Waals surface area (Å²) >= 11 is 1.43. The van der Waals surface area contributed by atoms with E-state index in [0.717, 1.165) is 18.5 Å². The van der Waals surface area contributed by atoms with Gasteiger partial charge in [-0.15, -0.1) is 11.3 Å². The number of primary amides is 1. The summed E-state index contributed by atoms with van der Waals surface area (Å²) in [4.78, 5) is 28.4. The Morgan fingerprint density at radius 2 is 1.93 bits per heavy atom. The summed E-state index contributed by atoms with van der Waals surface area (Å²) in [7, 11) is -2.17. The van der Waals surface area contributed by atoms with Crippen LogP contribution in [-0.4, -0.2) is 47.2 Å². The minimum absolute atomic E-state index is 0.0343. The molecule has 0 spiro atoms. The van der Waals surface area contributed by atoms with Crippen LogP contribution in [0, 0.1) is 5.92 Å². The molecular formula is C18H23N5O4S2. The lowest BCUT2D eigenvalue weighted by Gasteiger charge is -2.30. The molecular weight excluding hydrogens is 414 g/mol. The van der Waals surface area contributed by atoms with Crippen molar-refractivity contribution < 1.29 is 18.0 Å². The first kappa shape index (κ1) is 20.0. The number of nitrogens with two attached hydrogens (primary N) is 1. The number of hydrogen-bond acceptors (Lipinski definition) is 6. The van der Waals surface area contributed by atoms with E-state index in [9.17, 15) is 18.0 Å². The van der Waals surface area contributed by atoms with Gasteiger partial charge < -0.3 is 15.6 Å². The van der Waals surface area contributed by atoms with Crippen LogP contribution < -0.4 is 11.1 Å². The number of anilines is 1. The minimum Gasteiger partial charge on any atom is -0.364 e. The maximum atomic E-state index is 12.9. The quantitative estimate of drug-likeness (QED) is 0.708. The highest BCUT2D eigenvalue weighted by Gasteiger charge is 2.33. The number of nitrogens with zero attached hydrogens (tertiary/aromatic N) is 3. The number of thiazole rings is 1. The Morgan fingerprint density at radius 3 is 2.52 bits per heavy atom. The smallest absolute Gasteiger partial charge is 0.265 e. The minimum atomic E-state index is -3.74. The summed E-state index contributed by atoms with van der Waals surface area (Å²) in [5, 5.41) is 5.46. The second kappa shape index (κ2) is 7.54. The third kappa shape index (κ3) is 4.07. The third-order valence-electron chi connectivity index (χ3n) is 5.44. The lowest BCUT2D eigenvalue weighted by molar-refractivity contribution is -0.120. The Labute approximate surface area is 173 Å². The molecule has 2 aromatic rings. The predicted octanol–water partition coefficient (Wildman–Crippen LogP) is 1.50. The summed E-state index contributed by atoms with van der Waals surface area (Å²) in [6.07, 6.45) is 4.57. The second-order valence-corrected chi connectivity index (χ2v) is 10.4. The topological polar surface area (TPSA) is 127 Å². The molecule has 3 N–H and O–H groups in total. The number of aromatic nitrogens is 2. The summed E-state index contributed by atoms with van der Waals surface area (Å²) in [5.74, 6) is -0.518. The Balaban J connectivity index is 1.37. The average molecular weight is 438 g/mol. The van der Waals surface area contributed by atoms with Crippen molar-refractivity contribution in [2.75, 3.05) is 18.4 Å². The van der Waals surface area contributed by atoms with Gasteiger partial charge in [0.15, 0.2) is 5.13 Å². The first-order chi connectivity index (χ1) is 13.8. The zero-order chi connectivity index (χ0) is 20.8. The first-order valence-electron chi connectivity index (χ1n) is 9.48. The number of nitrogens with one attached hydrogen (secondary N) is 1. The molecule has 2 aliphatic rings. The van der Waals surface area contributed by atoms with Gasteiger partial charge in [-0.05, 0) is 31.7 Å². The first-order valence-corrected chi connectivity index (χ1v) is 11.8. The van der Waals surface area contributed by atoms with Gasteiger partial charge in [-0.1, -0.05) is 0 Å². The van der Waals surface area contributed by atoms with Crippen LogP contribution in [0.25, 0.3) is 0 Å². The number of amides is 2. The molecule has 9 nitrogen and oxygen atoms in total. The highest BCUT2D eigenvalue weighted by molar-refractivity contribution is 7.89. The summed E-state index contributed by atoms with van der Waals surface area (Å²) in [5.41, 5.74) is 6.45. The second-order valence-electron chi connectivity index (χ2n) is 7.56. The van der Waals surface area contributed by atoms with E-state index in [1.807, 2.05) is 5.38 Å². The van der Waals surface area contributed by atoms with Crippen molar-refractivity contribution in [2.45, 2.75) is 36.5 Å². The van der Waals surface area contributed by atoms with Crippen molar-refractivity contribution >= 4 is 38.3 Å². The van der Waals surface area contributed by atoms with Gasteiger partial charge in [0, 0.05) is 43.5 Å². The number of carbonyl (C=O) groups excluding carboxylic acids is 2. The van der Waals surface area contributed by atoms with E-state index >= 15 is 0 Å². The number of aryl methyl sites for hydroxylation is 1. The molecule has 4 rings (SSSR count). The van der Waals surface area contributed by atoms with E-state index in [0.29, 0.717) is 23.9 Å². The Bertz CT molecular complexity index is 1050. The molecule has 2 amide bonds. The van der Waals surface area contributed by atoms with E-state index in [1.54, 1.807) is 7.05 Å². The molecule has 29 heavy (non-hydrogen) atoms. The molecule has 0 atom stereocenters. The van der Waals surface area contributed by atoms with Gasteiger partial charge in [-0.25, -0.2) is 13.4 Å². The lowest BCUT2D eigenvalue weighted by atomic mass is 9.97. The monoisotopic (exact) mass is 437 g/mol. The van der Waals surface area contributed by atoms with Crippen LogP contribution in [0.3, 0.4) is 0 Å². The van der Waals surface area contributed by atoms with Crippen LogP contribution >= 0.6 is 11.3 Å². The predicted molar refractivity (Wildman–Crippen MR) is 108 cm³/mol. The van der Waals surface area contributed by atoms with E-state index < -0.39 is 15.9 Å². The molecule has 0 radical (unpaired) electrons. The maximum absolute atomic E-state index is 12.9. The van der Waals surface area contributed by atoms with Gasteiger partial charge in [-0.3, -0.25) is 9.59 Å². The van der Waals surface area contributed by atoms with Crippen molar-refractivity contribution in [2.24, 2.45) is 18.7 Å². The Hall–Kier alpha value is -2.24. The molecule has 11 heteroatoms. The SMILES string of the molecule is Cn1cc(S(=O)(=O)N2CCC(C(=O)Nc3nc(C4CC4)cs3)CC2)cc1C(N)=O. The van der Waals surface area contributed by atoms with E-state index in [4.69, 9.17) is 5.73 Å². The maximum Gasteiger partial charge on any atom is 0.265 e. The van der Waals surface area contributed by atoms with Gasteiger partial charge >= 0.3 is 0 Å². The van der Waals surface area contributed by atoms with Crippen molar-refractivity contribution in [3.05, 3.63) is 29.0 Å². The van der Waals surface area contributed by atoms with E-state index in [2.05, 4.69) is 10.3 Å². The number of piperidine rings is 1. The zero-order valence-electron chi connectivity index (χ0n) is 16.0. The average Bonchev–Trinajstić information content (AvgIpc) is 3.30. The summed E-state index contributed by atoms with van der Waals surface area (Å²) in [6.45, 7) is 0.485. The standard InChI is InChI=1S/C18H23N5O4S2/c1-22-9-13(8-15(22)16(19)24)29(26,27)23-6-4-12(5-7-23)17(25)21-18-20-14(10-28-18)11-2-3-11/h8-12H,2-7H2,1H3,(H2,19,24)(H,20,21,25). The number of hydrogen-bond donors (Lipinski definition) is 2. The number of sulfonamides is 1.